The van der Waals surface area contributed by atoms with Gasteiger partial charge in [-0.3, -0.25) is 9.71 Å². The summed E-state index contributed by atoms with van der Waals surface area (Å²) < 4.78 is 27.5. The molecule has 3 aromatic rings. The SMILES string of the molecule is Cn1cccc1[C@@H]1[C@H](c2ccccn2)NC(=S)N1c1ccc(NS(C)(=O)=O)cc1. The Kier molecular flexibility index (Phi) is 5.01. The fraction of sp³-hybridized carbons (Fsp3) is 0.200. The van der Waals surface area contributed by atoms with Gasteiger partial charge in [0.25, 0.3) is 0 Å². The Morgan fingerprint density at radius 1 is 1.10 bits per heavy atom. The number of hydrogen-bond acceptors (Lipinski definition) is 4. The first kappa shape index (κ1) is 19.4. The van der Waals surface area contributed by atoms with Gasteiger partial charge in [-0.05, 0) is 60.7 Å². The quantitative estimate of drug-likeness (QED) is 0.610. The second-order valence-corrected chi connectivity index (χ2v) is 9.10. The Bertz CT molecular complexity index is 1130. The third-order valence-electron chi connectivity index (χ3n) is 4.83. The smallest absolute Gasteiger partial charge is 0.229 e. The van der Waals surface area contributed by atoms with E-state index in [1.165, 1.54) is 0 Å². The highest BCUT2D eigenvalue weighted by Crippen LogP contribution is 2.41. The van der Waals surface area contributed by atoms with Crippen LogP contribution in [0.25, 0.3) is 0 Å². The summed E-state index contributed by atoms with van der Waals surface area (Å²) in [5, 5.41) is 4.00. The molecule has 0 saturated carbocycles. The number of hydrogen-bond donors (Lipinski definition) is 2. The van der Waals surface area contributed by atoms with E-state index in [1.807, 2.05) is 54.5 Å². The highest BCUT2D eigenvalue weighted by atomic mass is 32.2. The molecule has 1 aromatic carbocycles. The fourth-order valence-corrected chi connectivity index (χ4v) is 4.53. The molecule has 0 unspecified atom stereocenters. The van der Waals surface area contributed by atoms with Crippen LogP contribution in [0.2, 0.25) is 0 Å². The van der Waals surface area contributed by atoms with Crippen molar-refractivity contribution in [3.63, 3.8) is 0 Å². The zero-order chi connectivity index (χ0) is 20.6. The summed E-state index contributed by atoms with van der Waals surface area (Å²) >= 11 is 5.68. The van der Waals surface area contributed by atoms with Gasteiger partial charge in [-0.15, -0.1) is 0 Å². The first-order valence-electron chi connectivity index (χ1n) is 9.03. The van der Waals surface area contributed by atoms with E-state index in [2.05, 4.69) is 25.7 Å². The molecule has 2 aromatic heterocycles. The summed E-state index contributed by atoms with van der Waals surface area (Å²) in [5.41, 5.74) is 3.36. The maximum atomic E-state index is 11.5. The highest BCUT2D eigenvalue weighted by Gasteiger charge is 2.41. The summed E-state index contributed by atoms with van der Waals surface area (Å²) in [6, 6.07) is 16.9. The molecule has 0 spiro atoms. The van der Waals surface area contributed by atoms with Crippen molar-refractivity contribution in [2.24, 2.45) is 7.05 Å². The average Bonchev–Trinajstić information content (AvgIpc) is 3.24. The first-order chi connectivity index (χ1) is 13.8. The molecule has 0 aliphatic carbocycles. The topological polar surface area (TPSA) is 79.3 Å². The number of nitrogens with zero attached hydrogens (tertiary/aromatic N) is 3. The van der Waals surface area contributed by atoms with Crippen LogP contribution >= 0.6 is 12.2 Å². The van der Waals surface area contributed by atoms with E-state index in [1.54, 1.807) is 18.3 Å². The van der Waals surface area contributed by atoms with E-state index in [9.17, 15) is 8.42 Å². The van der Waals surface area contributed by atoms with Gasteiger partial charge >= 0.3 is 0 Å². The Hall–Kier alpha value is -2.91. The molecule has 2 atom stereocenters. The van der Waals surface area contributed by atoms with E-state index >= 15 is 0 Å². The lowest BCUT2D eigenvalue weighted by Gasteiger charge is -2.28. The van der Waals surface area contributed by atoms with Crippen molar-refractivity contribution in [1.82, 2.24) is 14.9 Å². The Morgan fingerprint density at radius 2 is 1.86 bits per heavy atom. The number of sulfonamides is 1. The molecule has 3 heterocycles. The van der Waals surface area contributed by atoms with Crippen LogP contribution in [0, 0.1) is 0 Å². The van der Waals surface area contributed by atoms with E-state index in [-0.39, 0.29) is 12.1 Å². The number of benzene rings is 1. The summed E-state index contributed by atoms with van der Waals surface area (Å²) in [5.74, 6) is 0. The van der Waals surface area contributed by atoms with Crippen LogP contribution in [0.15, 0.2) is 67.0 Å². The predicted octanol–water partition coefficient (Wildman–Crippen LogP) is 2.97. The monoisotopic (exact) mass is 427 g/mol. The minimum atomic E-state index is -3.33. The minimum absolute atomic E-state index is 0.105. The minimum Gasteiger partial charge on any atom is -0.353 e. The summed E-state index contributed by atoms with van der Waals surface area (Å²) in [4.78, 5) is 6.58. The van der Waals surface area contributed by atoms with Gasteiger partial charge in [0.05, 0.1) is 18.0 Å². The van der Waals surface area contributed by atoms with Crippen LogP contribution in [0.1, 0.15) is 23.5 Å². The van der Waals surface area contributed by atoms with E-state index in [4.69, 9.17) is 12.2 Å². The Balaban J connectivity index is 1.75. The van der Waals surface area contributed by atoms with Crippen LogP contribution in [-0.4, -0.2) is 29.3 Å². The summed E-state index contributed by atoms with van der Waals surface area (Å²) in [7, 11) is -1.33. The lowest BCUT2D eigenvalue weighted by Crippen LogP contribution is -2.30. The van der Waals surface area contributed by atoms with Gasteiger partial charge in [0.1, 0.15) is 6.04 Å². The molecule has 1 fully saturated rings. The molecule has 0 bridgehead atoms. The highest BCUT2D eigenvalue weighted by molar-refractivity contribution is 7.92. The second kappa shape index (κ2) is 7.49. The molecular weight excluding hydrogens is 406 g/mol. The molecule has 150 valence electrons. The van der Waals surface area contributed by atoms with Crippen molar-refractivity contribution in [2.45, 2.75) is 12.1 Å². The van der Waals surface area contributed by atoms with Gasteiger partial charge < -0.3 is 14.8 Å². The van der Waals surface area contributed by atoms with Crippen molar-refractivity contribution < 1.29 is 8.42 Å². The van der Waals surface area contributed by atoms with E-state index < -0.39 is 10.0 Å². The van der Waals surface area contributed by atoms with E-state index in [0.29, 0.717) is 10.8 Å². The molecule has 9 heteroatoms. The van der Waals surface area contributed by atoms with Crippen molar-refractivity contribution in [3.05, 3.63) is 78.4 Å². The van der Waals surface area contributed by atoms with Crippen molar-refractivity contribution >= 4 is 38.7 Å². The molecule has 7 nitrogen and oxygen atoms in total. The molecule has 29 heavy (non-hydrogen) atoms. The van der Waals surface area contributed by atoms with Crippen LogP contribution in [0.4, 0.5) is 11.4 Å². The van der Waals surface area contributed by atoms with Crippen molar-refractivity contribution in [1.29, 1.82) is 0 Å². The third-order valence-corrected chi connectivity index (χ3v) is 5.75. The number of thiocarbonyl (C=S) groups is 1. The van der Waals surface area contributed by atoms with Crippen molar-refractivity contribution in [3.8, 4) is 0 Å². The Morgan fingerprint density at radius 3 is 2.45 bits per heavy atom. The summed E-state index contributed by atoms with van der Waals surface area (Å²) in [6.45, 7) is 0. The predicted molar refractivity (Wildman–Crippen MR) is 118 cm³/mol. The van der Waals surface area contributed by atoms with Crippen LogP contribution in [0.5, 0.6) is 0 Å². The zero-order valence-corrected chi connectivity index (χ0v) is 17.6. The number of aryl methyl sites for hydroxylation is 1. The zero-order valence-electron chi connectivity index (χ0n) is 16.0. The van der Waals surface area contributed by atoms with Gasteiger partial charge in [-0.25, -0.2) is 8.42 Å². The molecule has 2 N–H and O–H groups in total. The molecule has 0 radical (unpaired) electrons. The molecule has 1 aliphatic rings. The molecule has 4 rings (SSSR count). The average molecular weight is 428 g/mol. The largest absolute Gasteiger partial charge is 0.353 e. The lowest BCUT2D eigenvalue weighted by atomic mass is 10.0. The van der Waals surface area contributed by atoms with Gasteiger partial charge in [-0.1, -0.05) is 6.07 Å². The van der Waals surface area contributed by atoms with Crippen LogP contribution in [-0.2, 0) is 17.1 Å². The standard InChI is InChI=1S/C20H21N5O2S2/c1-24-13-5-7-17(24)19-18(16-6-3-4-12-21-16)22-20(28)25(19)15-10-8-14(9-11-15)23-29(2,26)27/h3-13,18-19,23H,1-2H3,(H,22,28)/t18-,19+/m0/s1. The number of nitrogens with one attached hydrogen (secondary N) is 2. The molecule has 1 aliphatic heterocycles. The van der Waals surface area contributed by atoms with E-state index in [0.717, 1.165) is 23.3 Å². The van der Waals surface area contributed by atoms with Gasteiger partial charge in [0.15, 0.2) is 5.11 Å². The second-order valence-electron chi connectivity index (χ2n) is 6.96. The van der Waals surface area contributed by atoms with Gasteiger partial charge in [0.2, 0.25) is 10.0 Å². The number of anilines is 2. The maximum absolute atomic E-state index is 11.5. The van der Waals surface area contributed by atoms with Gasteiger partial charge in [-0.2, -0.15) is 0 Å². The molecule has 1 saturated heterocycles. The van der Waals surface area contributed by atoms with Crippen LogP contribution < -0.4 is 14.9 Å². The van der Waals surface area contributed by atoms with Gasteiger partial charge in [0, 0.05) is 36.5 Å². The number of rotatable bonds is 5. The Labute approximate surface area is 175 Å². The fourth-order valence-electron chi connectivity index (χ4n) is 3.62. The number of pyridine rings is 1. The molecular formula is C20H21N5O2S2. The lowest BCUT2D eigenvalue weighted by molar-refractivity contribution is 0.541. The molecule has 0 amide bonds. The normalized spacial score (nSPS) is 19.2. The maximum Gasteiger partial charge on any atom is 0.229 e. The third kappa shape index (κ3) is 3.96. The number of aromatic nitrogens is 2. The summed E-state index contributed by atoms with van der Waals surface area (Å²) in [6.07, 6.45) is 4.91. The van der Waals surface area contributed by atoms with Crippen LogP contribution in [0.3, 0.4) is 0 Å². The first-order valence-corrected chi connectivity index (χ1v) is 11.3. The van der Waals surface area contributed by atoms with Crippen molar-refractivity contribution in [2.75, 3.05) is 15.9 Å².